The first-order chi connectivity index (χ1) is 18.0. The third-order valence-corrected chi connectivity index (χ3v) is 11.9. The second-order valence-corrected chi connectivity index (χ2v) is 13.6. The van der Waals surface area contributed by atoms with Gasteiger partial charge in [0.25, 0.3) is 0 Å². The summed E-state index contributed by atoms with van der Waals surface area (Å²) in [4.78, 5) is 0. The molecule has 0 aromatic heterocycles. The fourth-order valence-corrected chi connectivity index (χ4v) is 10.0. The second-order valence-electron chi connectivity index (χ2n) is 9.09. The Balaban J connectivity index is 1.53. The number of rotatable bonds is 8. The van der Waals surface area contributed by atoms with E-state index in [0.29, 0.717) is 0 Å². The topological polar surface area (TPSA) is 3.24 Å². The van der Waals surface area contributed by atoms with Crippen molar-refractivity contribution in [1.29, 1.82) is 0 Å². The zero-order valence-electron chi connectivity index (χ0n) is 20.9. The van der Waals surface area contributed by atoms with Crippen molar-refractivity contribution in [1.82, 2.24) is 4.67 Å². The van der Waals surface area contributed by atoms with E-state index in [1.807, 2.05) is 12.1 Å². The molecule has 0 bridgehead atoms. The van der Waals surface area contributed by atoms with Gasteiger partial charge in [0.15, 0.2) is 0 Å². The Morgan fingerprint density at radius 3 is 1.65 bits per heavy atom. The molecule has 1 unspecified atom stereocenters. The van der Waals surface area contributed by atoms with E-state index in [4.69, 9.17) is 0 Å². The SMILES string of the molecule is C[C@H](C1C=CC=C1P(c1ccccc1)c1ccccc1)N(C)P(c1cccc(F)c1)c1cccc(F)c1. The van der Waals surface area contributed by atoms with E-state index in [0.717, 1.165) is 10.6 Å². The van der Waals surface area contributed by atoms with Crippen LogP contribution in [0.4, 0.5) is 8.78 Å². The van der Waals surface area contributed by atoms with Gasteiger partial charge in [0, 0.05) is 20.0 Å². The molecule has 1 aliphatic carbocycles. The van der Waals surface area contributed by atoms with E-state index in [1.165, 1.54) is 28.1 Å². The summed E-state index contributed by atoms with van der Waals surface area (Å²) >= 11 is 0. The molecular formula is C32H29F2NP2. The quantitative estimate of drug-likeness (QED) is 0.227. The monoisotopic (exact) mass is 527 g/mol. The summed E-state index contributed by atoms with van der Waals surface area (Å²) < 4.78 is 31.0. The van der Waals surface area contributed by atoms with Gasteiger partial charge in [-0.25, -0.2) is 8.78 Å². The number of nitrogens with zero attached hydrogens (tertiary/aromatic N) is 1. The molecule has 0 amide bonds. The minimum Gasteiger partial charge on any atom is -0.274 e. The Labute approximate surface area is 220 Å². The van der Waals surface area contributed by atoms with E-state index in [2.05, 4.69) is 97.5 Å². The van der Waals surface area contributed by atoms with E-state index in [-0.39, 0.29) is 23.6 Å². The van der Waals surface area contributed by atoms with Crippen LogP contribution in [0.5, 0.6) is 0 Å². The summed E-state index contributed by atoms with van der Waals surface area (Å²) in [6.07, 6.45) is 6.72. The number of hydrogen-bond acceptors (Lipinski definition) is 1. The highest BCUT2D eigenvalue weighted by atomic mass is 31.1. The third kappa shape index (κ3) is 5.65. The van der Waals surface area contributed by atoms with Crippen LogP contribution in [-0.2, 0) is 0 Å². The van der Waals surface area contributed by atoms with Crippen molar-refractivity contribution in [3.63, 3.8) is 0 Å². The highest BCUT2D eigenvalue weighted by Crippen LogP contribution is 2.52. The number of allylic oxidation sites excluding steroid dienone is 2. The maximum absolute atomic E-state index is 14.3. The highest BCUT2D eigenvalue weighted by molar-refractivity contribution is 7.76. The van der Waals surface area contributed by atoms with Crippen molar-refractivity contribution < 1.29 is 8.78 Å². The standard InChI is InChI=1S/C32H29F2NP2/c1-24(35(2)37(29-18-9-12-25(33)22-29)30-19-10-13-26(34)23-30)31-20-11-21-32(31)36(27-14-5-3-6-15-27)28-16-7-4-8-17-28/h3-24,31H,1-2H3/t24-,31?/m1/s1. The Kier molecular flexibility index (Phi) is 8.06. The minimum atomic E-state index is -1.15. The number of benzene rings is 4. The smallest absolute Gasteiger partial charge is 0.123 e. The molecule has 0 aliphatic heterocycles. The average molecular weight is 528 g/mol. The van der Waals surface area contributed by atoms with Crippen molar-refractivity contribution in [2.75, 3.05) is 7.05 Å². The van der Waals surface area contributed by atoms with Crippen LogP contribution < -0.4 is 21.2 Å². The zero-order chi connectivity index (χ0) is 25.8. The highest BCUT2D eigenvalue weighted by Gasteiger charge is 2.34. The predicted molar refractivity (Wildman–Crippen MR) is 156 cm³/mol. The summed E-state index contributed by atoms with van der Waals surface area (Å²) in [6.45, 7) is 2.23. The first-order valence-corrected chi connectivity index (χ1v) is 15.0. The maximum Gasteiger partial charge on any atom is 0.123 e. The molecule has 0 N–H and O–H groups in total. The lowest BCUT2D eigenvalue weighted by molar-refractivity contribution is 0.380. The van der Waals surface area contributed by atoms with Gasteiger partial charge in [-0.05, 0) is 72.7 Å². The molecule has 2 atom stereocenters. The Morgan fingerprint density at radius 1 is 0.676 bits per heavy atom. The number of hydrogen-bond donors (Lipinski definition) is 0. The summed E-state index contributed by atoms with van der Waals surface area (Å²) in [5, 5.41) is 5.76. The molecule has 37 heavy (non-hydrogen) atoms. The summed E-state index contributed by atoms with van der Waals surface area (Å²) in [5.74, 6) is -0.385. The van der Waals surface area contributed by atoms with Gasteiger partial charge >= 0.3 is 0 Å². The summed E-state index contributed by atoms with van der Waals surface area (Å²) in [5.41, 5.74) is 0. The normalized spacial score (nSPS) is 16.0. The molecule has 186 valence electrons. The van der Waals surface area contributed by atoms with E-state index < -0.39 is 16.0 Å². The van der Waals surface area contributed by atoms with Crippen LogP contribution in [0.15, 0.2) is 133 Å². The lowest BCUT2D eigenvalue weighted by Gasteiger charge is -2.38. The molecule has 4 aromatic carbocycles. The van der Waals surface area contributed by atoms with Crippen LogP contribution >= 0.6 is 16.0 Å². The van der Waals surface area contributed by atoms with Crippen LogP contribution in [0.1, 0.15) is 6.92 Å². The van der Waals surface area contributed by atoms with Crippen molar-refractivity contribution >= 4 is 37.2 Å². The van der Waals surface area contributed by atoms with Gasteiger partial charge in [0.1, 0.15) is 11.6 Å². The zero-order valence-corrected chi connectivity index (χ0v) is 22.7. The molecule has 0 fully saturated rings. The Hall–Kier alpha value is -2.96. The largest absolute Gasteiger partial charge is 0.274 e. The first kappa shape index (κ1) is 25.7. The molecule has 1 aliphatic rings. The molecule has 5 heteroatoms. The van der Waals surface area contributed by atoms with Gasteiger partial charge < -0.3 is 0 Å². The average Bonchev–Trinajstić information content (AvgIpc) is 3.39. The van der Waals surface area contributed by atoms with Gasteiger partial charge in [0.05, 0.1) is 0 Å². The third-order valence-electron chi connectivity index (χ3n) is 6.74. The fraction of sp³-hybridized carbons (Fsp3) is 0.125. The fourth-order valence-electron chi connectivity index (χ4n) is 4.86. The molecule has 1 nitrogen and oxygen atoms in total. The maximum atomic E-state index is 14.3. The Morgan fingerprint density at radius 2 is 1.16 bits per heavy atom. The predicted octanol–water partition coefficient (Wildman–Crippen LogP) is 6.84. The molecule has 0 saturated carbocycles. The van der Waals surface area contributed by atoms with Gasteiger partial charge in [-0.15, -0.1) is 0 Å². The molecule has 0 heterocycles. The van der Waals surface area contributed by atoms with Crippen molar-refractivity contribution in [3.8, 4) is 0 Å². The van der Waals surface area contributed by atoms with E-state index in [1.54, 1.807) is 24.3 Å². The van der Waals surface area contributed by atoms with Crippen LogP contribution in [0, 0.1) is 17.6 Å². The molecule has 0 spiro atoms. The lowest BCUT2D eigenvalue weighted by atomic mass is 10.0. The van der Waals surface area contributed by atoms with Gasteiger partial charge in [0.2, 0.25) is 0 Å². The van der Waals surface area contributed by atoms with Crippen LogP contribution in [-0.4, -0.2) is 17.8 Å². The van der Waals surface area contributed by atoms with E-state index >= 15 is 0 Å². The number of halogens is 2. The summed E-state index contributed by atoms with van der Waals surface area (Å²) in [6, 6.07) is 35.0. The molecule has 0 radical (unpaired) electrons. The molecular weight excluding hydrogens is 498 g/mol. The first-order valence-electron chi connectivity index (χ1n) is 12.4. The van der Waals surface area contributed by atoms with Gasteiger partial charge in [-0.1, -0.05) is 103 Å². The van der Waals surface area contributed by atoms with E-state index in [9.17, 15) is 8.78 Å². The van der Waals surface area contributed by atoms with Crippen LogP contribution in [0.3, 0.4) is 0 Å². The second kappa shape index (κ2) is 11.6. The van der Waals surface area contributed by atoms with Crippen molar-refractivity contribution in [2.24, 2.45) is 5.92 Å². The van der Waals surface area contributed by atoms with Crippen molar-refractivity contribution in [2.45, 2.75) is 13.0 Å². The summed E-state index contributed by atoms with van der Waals surface area (Å²) in [7, 11) is 0.212. The molecule has 4 aromatic rings. The Bertz CT molecular complexity index is 1320. The lowest BCUT2D eigenvalue weighted by Crippen LogP contribution is -2.37. The molecule has 5 rings (SSSR count). The molecule has 0 saturated heterocycles. The minimum absolute atomic E-state index is 0.0973. The van der Waals surface area contributed by atoms with Crippen LogP contribution in [0.2, 0.25) is 0 Å². The van der Waals surface area contributed by atoms with Crippen LogP contribution in [0.25, 0.3) is 0 Å². The van der Waals surface area contributed by atoms with Gasteiger partial charge in [-0.3, -0.25) is 4.67 Å². The van der Waals surface area contributed by atoms with Crippen molar-refractivity contribution in [3.05, 3.63) is 144 Å². The van der Waals surface area contributed by atoms with Gasteiger partial charge in [-0.2, -0.15) is 0 Å².